The number of carbonyl (C=O) groups excluding carboxylic acids is 2. The van der Waals surface area contributed by atoms with Crippen LogP contribution in [0, 0.1) is 0 Å². The first-order valence-electron chi connectivity index (χ1n) is 6.63. The van der Waals surface area contributed by atoms with Crippen LogP contribution in [0.2, 0.25) is 0 Å². The molecule has 0 radical (unpaired) electrons. The van der Waals surface area contributed by atoms with Crippen LogP contribution in [0.4, 0.5) is 0 Å². The number of benzene rings is 1. The zero-order valence-electron chi connectivity index (χ0n) is 12.0. The molecule has 110 valence electrons. The van der Waals surface area contributed by atoms with Crippen LogP contribution in [-0.4, -0.2) is 41.9 Å². The fraction of sp³-hybridized carbons (Fsp3) is 0.467. The average Bonchev–Trinajstić information content (AvgIpc) is 2.45. The van der Waals surface area contributed by atoms with Gasteiger partial charge in [-0.15, -0.1) is 0 Å². The van der Waals surface area contributed by atoms with Crippen LogP contribution in [0.5, 0.6) is 0 Å². The van der Waals surface area contributed by atoms with Crippen molar-refractivity contribution in [1.82, 2.24) is 4.90 Å². The summed E-state index contributed by atoms with van der Waals surface area (Å²) in [6.07, 6.45) is 2.40. The highest BCUT2D eigenvalue weighted by Crippen LogP contribution is 2.08. The molecule has 0 saturated heterocycles. The van der Waals surface area contributed by atoms with E-state index in [-0.39, 0.29) is 18.4 Å². The minimum Gasteiger partial charge on any atom is -0.465 e. The number of rotatable bonds is 8. The highest BCUT2D eigenvalue weighted by atomic mass is 32.2. The highest BCUT2D eigenvalue weighted by molar-refractivity contribution is 7.98. The molecule has 0 spiro atoms. The standard InChI is InChI=1S/C15H21NO3S/c1-3-19-15(18)12-16(14(17)9-10-20-2)11-13-7-5-4-6-8-13/h4-8H,3,9-12H2,1-2H3. The van der Waals surface area contributed by atoms with Crippen LogP contribution in [0.15, 0.2) is 30.3 Å². The lowest BCUT2D eigenvalue weighted by Gasteiger charge is -2.21. The Labute approximate surface area is 124 Å². The van der Waals surface area contributed by atoms with Crippen molar-refractivity contribution >= 4 is 23.6 Å². The van der Waals surface area contributed by atoms with E-state index >= 15 is 0 Å². The summed E-state index contributed by atoms with van der Waals surface area (Å²) in [7, 11) is 0. The number of hydrogen-bond donors (Lipinski definition) is 0. The van der Waals surface area contributed by atoms with Crippen molar-refractivity contribution in [1.29, 1.82) is 0 Å². The Morgan fingerprint density at radius 3 is 2.55 bits per heavy atom. The van der Waals surface area contributed by atoms with Gasteiger partial charge in [-0.2, -0.15) is 11.8 Å². The van der Waals surface area contributed by atoms with Crippen LogP contribution in [0.1, 0.15) is 18.9 Å². The number of ether oxygens (including phenoxy) is 1. The SMILES string of the molecule is CCOC(=O)CN(Cc1ccccc1)C(=O)CCSC. The number of nitrogens with zero attached hydrogens (tertiary/aromatic N) is 1. The summed E-state index contributed by atoms with van der Waals surface area (Å²) < 4.78 is 4.93. The first-order valence-corrected chi connectivity index (χ1v) is 8.03. The van der Waals surface area contributed by atoms with E-state index < -0.39 is 0 Å². The molecule has 0 N–H and O–H groups in total. The van der Waals surface area contributed by atoms with Crippen molar-refractivity contribution in [2.24, 2.45) is 0 Å². The molecule has 0 aliphatic heterocycles. The molecule has 0 unspecified atom stereocenters. The Morgan fingerprint density at radius 2 is 1.95 bits per heavy atom. The fourth-order valence-corrected chi connectivity index (χ4v) is 2.12. The second-order valence-corrected chi connectivity index (χ2v) is 5.27. The van der Waals surface area contributed by atoms with E-state index in [1.165, 1.54) is 0 Å². The third-order valence-corrected chi connectivity index (χ3v) is 3.33. The summed E-state index contributed by atoms with van der Waals surface area (Å²) in [5.74, 6) is 0.379. The quantitative estimate of drug-likeness (QED) is 0.691. The number of thioether (sulfide) groups is 1. The van der Waals surface area contributed by atoms with Gasteiger partial charge in [0, 0.05) is 18.7 Å². The minimum atomic E-state index is -0.360. The van der Waals surface area contributed by atoms with E-state index in [1.54, 1.807) is 23.6 Å². The lowest BCUT2D eigenvalue weighted by molar-refractivity contribution is -0.149. The minimum absolute atomic E-state index is 0.00987. The molecular weight excluding hydrogens is 274 g/mol. The first kappa shape index (κ1) is 16.6. The van der Waals surface area contributed by atoms with Crippen molar-refractivity contribution in [3.05, 3.63) is 35.9 Å². The zero-order valence-corrected chi connectivity index (χ0v) is 12.8. The molecule has 4 nitrogen and oxygen atoms in total. The lowest BCUT2D eigenvalue weighted by atomic mass is 10.2. The second kappa shape index (κ2) is 9.42. The molecule has 0 heterocycles. The van der Waals surface area contributed by atoms with E-state index in [2.05, 4.69) is 0 Å². The molecule has 5 heteroatoms. The summed E-state index contributed by atoms with van der Waals surface area (Å²) in [6.45, 7) is 2.54. The maximum Gasteiger partial charge on any atom is 0.325 e. The van der Waals surface area contributed by atoms with Crippen LogP contribution in [0.25, 0.3) is 0 Å². The van der Waals surface area contributed by atoms with Crippen molar-refractivity contribution in [2.45, 2.75) is 19.9 Å². The topological polar surface area (TPSA) is 46.6 Å². The molecule has 20 heavy (non-hydrogen) atoms. The smallest absolute Gasteiger partial charge is 0.325 e. The molecule has 0 atom stereocenters. The lowest BCUT2D eigenvalue weighted by Crippen LogP contribution is -2.36. The molecule has 1 amide bonds. The Morgan fingerprint density at radius 1 is 1.25 bits per heavy atom. The maximum atomic E-state index is 12.2. The first-order chi connectivity index (χ1) is 9.67. The maximum absolute atomic E-state index is 12.2. The fourth-order valence-electron chi connectivity index (χ4n) is 1.75. The molecule has 0 bridgehead atoms. The summed E-state index contributed by atoms with van der Waals surface area (Å²) in [5, 5.41) is 0. The number of amides is 1. The molecule has 0 aliphatic rings. The average molecular weight is 295 g/mol. The number of hydrogen-bond acceptors (Lipinski definition) is 4. The van der Waals surface area contributed by atoms with Crippen molar-refractivity contribution < 1.29 is 14.3 Å². The van der Waals surface area contributed by atoms with Gasteiger partial charge < -0.3 is 9.64 Å². The number of esters is 1. The Kier molecular flexibility index (Phi) is 7.80. The molecule has 0 fully saturated rings. The molecule has 1 aromatic rings. The van der Waals surface area contributed by atoms with Crippen LogP contribution in [-0.2, 0) is 20.9 Å². The number of carbonyl (C=O) groups is 2. The Hall–Kier alpha value is -1.49. The van der Waals surface area contributed by atoms with Gasteiger partial charge >= 0.3 is 5.97 Å². The van der Waals surface area contributed by atoms with E-state index in [4.69, 9.17) is 4.74 Å². The van der Waals surface area contributed by atoms with Crippen molar-refractivity contribution in [3.8, 4) is 0 Å². The van der Waals surface area contributed by atoms with Crippen molar-refractivity contribution in [3.63, 3.8) is 0 Å². The Balaban J connectivity index is 2.67. The van der Waals surface area contributed by atoms with E-state index in [9.17, 15) is 9.59 Å². The van der Waals surface area contributed by atoms with Gasteiger partial charge in [0.1, 0.15) is 6.54 Å². The van der Waals surface area contributed by atoms with Gasteiger partial charge in [-0.3, -0.25) is 9.59 Å². The van der Waals surface area contributed by atoms with Gasteiger partial charge in [0.15, 0.2) is 0 Å². The predicted molar refractivity (Wildman–Crippen MR) is 81.5 cm³/mol. The van der Waals surface area contributed by atoms with Gasteiger partial charge in [0.2, 0.25) is 5.91 Å². The van der Waals surface area contributed by atoms with Crippen molar-refractivity contribution in [2.75, 3.05) is 25.2 Å². The molecular formula is C15H21NO3S. The molecule has 1 aromatic carbocycles. The van der Waals surface area contributed by atoms with Gasteiger partial charge in [-0.05, 0) is 18.7 Å². The highest BCUT2D eigenvalue weighted by Gasteiger charge is 2.17. The monoisotopic (exact) mass is 295 g/mol. The third-order valence-electron chi connectivity index (χ3n) is 2.71. The normalized spacial score (nSPS) is 10.1. The molecule has 0 aliphatic carbocycles. The zero-order chi connectivity index (χ0) is 14.8. The molecule has 0 aromatic heterocycles. The van der Waals surface area contributed by atoms with Gasteiger partial charge in [0.25, 0.3) is 0 Å². The van der Waals surface area contributed by atoms with E-state index in [1.807, 2.05) is 36.6 Å². The van der Waals surface area contributed by atoms with Gasteiger partial charge in [-0.1, -0.05) is 30.3 Å². The van der Waals surface area contributed by atoms with E-state index in [0.717, 1.165) is 11.3 Å². The second-order valence-electron chi connectivity index (χ2n) is 4.28. The van der Waals surface area contributed by atoms with Crippen LogP contribution >= 0.6 is 11.8 Å². The largest absolute Gasteiger partial charge is 0.465 e. The van der Waals surface area contributed by atoms with Crippen LogP contribution in [0.3, 0.4) is 0 Å². The Bertz CT molecular complexity index is 422. The van der Waals surface area contributed by atoms with Crippen LogP contribution < -0.4 is 0 Å². The summed E-state index contributed by atoms with van der Waals surface area (Å²) in [4.78, 5) is 25.3. The summed E-state index contributed by atoms with van der Waals surface area (Å²) in [5.41, 5.74) is 1.01. The van der Waals surface area contributed by atoms with E-state index in [0.29, 0.717) is 19.6 Å². The molecule has 0 saturated carbocycles. The summed E-state index contributed by atoms with van der Waals surface area (Å²) in [6, 6.07) is 9.66. The van der Waals surface area contributed by atoms with Gasteiger partial charge in [0.05, 0.1) is 6.61 Å². The summed E-state index contributed by atoms with van der Waals surface area (Å²) >= 11 is 1.62. The third kappa shape index (κ3) is 6.10. The predicted octanol–water partition coefficient (Wildman–Crippen LogP) is 2.33. The van der Waals surface area contributed by atoms with Gasteiger partial charge in [-0.25, -0.2) is 0 Å². The molecule has 1 rings (SSSR count).